The van der Waals surface area contributed by atoms with Crippen molar-refractivity contribution in [3.63, 3.8) is 0 Å². The van der Waals surface area contributed by atoms with Crippen molar-refractivity contribution in [2.75, 3.05) is 36.4 Å². The van der Waals surface area contributed by atoms with Gasteiger partial charge in [-0.15, -0.1) is 0 Å². The summed E-state index contributed by atoms with van der Waals surface area (Å²) in [5.41, 5.74) is 1.27. The van der Waals surface area contributed by atoms with E-state index in [1.807, 2.05) is 13.0 Å². The molecule has 1 aromatic heterocycles. The van der Waals surface area contributed by atoms with Crippen molar-refractivity contribution in [1.82, 2.24) is 9.88 Å². The molecule has 1 N–H and O–H groups in total. The smallest absolute Gasteiger partial charge is 0.322 e. The van der Waals surface area contributed by atoms with Gasteiger partial charge >= 0.3 is 6.03 Å². The highest BCUT2D eigenvalue weighted by atomic mass is 19.2. The van der Waals surface area contributed by atoms with Crippen molar-refractivity contribution >= 4 is 17.5 Å². The molecule has 0 unspecified atom stereocenters. The molecule has 5 nitrogen and oxygen atoms in total. The van der Waals surface area contributed by atoms with Crippen LogP contribution >= 0.6 is 0 Å². The van der Waals surface area contributed by atoms with Crippen LogP contribution in [0.4, 0.5) is 25.1 Å². The number of hydrogen-bond donors (Lipinski definition) is 1. The Balaban J connectivity index is 1.66. The van der Waals surface area contributed by atoms with Crippen molar-refractivity contribution in [2.45, 2.75) is 32.1 Å². The number of nitrogens with one attached hydrogen (secondary N) is 1. The van der Waals surface area contributed by atoms with E-state index in [-0.39, 0.29) is 13.1 Å². The summed E-state index contributed by atoms with van der Waals surface area (Å²) in [6.45, 7) is 3.41. The van der Waals surface area contributed by atoms with Crippen LogP contribution in [0.15, 0.2) is 12.1 Å². The van der Waals surface area contributed by atoms with Crippen LogP contribution in [-0.4, -0.2) is 54.4 Å². The van der Waals surface area contributed by atoms with Crippen LogP contribution in [0.5, 0.6) is 0 Å². The summed E-state index contributed by atoms with van der Waals surface area (Å²) < 4.78 is 26.3. The summed E-state index contributed by atoms with van der Waals surface area (Å²) in [6, 6.07) is 3.18. The molecule has 0 spiro atoms. The highest BCUT2D eigenvalue weighted by Gasteiger charge is 2.35. The number of aryl methyl sites for hydroxylation is 1. The number of aromatic nitrogens is 1. The van der Waals surface area contributed by atoms with Crippen LogP contribution in [0.3, 0.4) is 0 Å². The van der Waals surface area contributed by atoms with E-state index in [0.717, 1.165) is 23.8 Å². The van der Waals surface area contributed by atoms with Crippen LogP contribution in [0.25, 0.3) is 0 Å². The molecule has 0 aliphatic carbocycles. The van der Waals surface area contributed by atoms with Gasteiger partial charge in [-0.3, -0.25) is 0 Å². The van der Waals surface area contributed by atoms with E-state index in [1.54, 1.807) is 6.07 Å². The Hall–Kier alpha value is -1.92. The minimum atomic E-state index is -1.59. The lowest BCUT2D eigenvalue weighted by molar-refractivity contribution is 0.217. The van der Waals surface area contributed by atoms with Crippen LogP contribution < -0.4 is 10.2 Å². The van der Waals surface area contributed by atoms with Crippen molar-refractivity contribution in [3.8, 4) is 0 Å². The summed E-state index contributed by atoms with van der Waals surface area (Å²) >= 11 is 0. The maximum absolute atomic E-state index is 13.2. The molecule has 3 rings (SSSR count). The number of hydrogen-bond acceptors (Lipinski definition) is 3. The lowest BCUT2D eigenvalue weighted by Gasteiger charge is -2.20. The summed E-state index contributed by atoms with van der Waals surface area (Å²) in [4.78, 5) is 19.9. The minimum Gasteiger partial charge on any atom is -0.357 e. The first kappa shape index (κ1) is 15.0. The van der Waals surface area contributed by atoms with E-state index in [1.165, 1.54) is 12.8 Å². The molecule has 0 bridgehead atoms. The fourth-order valence-electron chi connectivity index (χ4n) is 2.89. The van der Waals surface area contributed by atoms with Gasteiger partial charge < -0.3 is 15.1 Å². The standard InChI is InChI=1S/C15H20F2N4O/c1-10-13(4-5-14(18-10)20-6-2-3-7-20)19-15(22)21-8-11(16)12(17)9-21/h4-5,11-12H,2-3,6-9H2,1H3,(H,19,22)/t11-,12+. The lowest BCUT2D eigenvalue weighted by atomic mass is 10.3. The number of anilines is 2. The molecule has 2 aliphatic heterocycles. The molecular formula is C15H20F2N4O. The molecule has 2 aliphatic rings. The van der Waals surface area contributed by atoms with Gasteiger partial charge in [-0.2, -0.15) is 0 Å². The van der Waals surface area contributed by atoms with Crippen LogP contribution in [0.1, 0.15) is 18.5 Å². The van der Waals surface area contributed by atoms with Gasteiger partial charge in [0, 0.05) is 13.1 Å². The SMILES string of the molecule is Cc1nc(N2CCCC2)ccc1NC(=O)N1C[C@@H](F)[C@@H](F)C1. The minimum absolute atomic E-state index is 0.203. The van der Waals surface area contributed by atoms with Gasteiger partial charge in [0.15, 0.2) is 12.3 Å². The van der Waals surface area contributed by atoms with Gasteiger partial charge in [0.2, 0.25) is 0 Å². The molecule has 2 amide bonds. The zero-order chi connectivity index (χ0) is 15.7. The Labute approximate surface area is 128 Å². The van der Waals surface area contributed by atoms with Crippen molar-refractivity contribution in [1.29, 1.82) is 0 Å². The van der Waals surface area contributed by atoms with Gasteiger partial charge in [0.25, 0.3) is 0 Å². The average Bonchev–Trinajstić information content (AvgIpc) is 3.12. The van der Waals surface area contributed by atoms with Crippen molar-refractivity contribution in [3.05, 3.63) is 17.8 Å². The Bertz CT molecular complexity index is 552. The van der Waals surface area contributed by atoms with Gasteiger partial charge in [-0.1, -0.05) is 0 Å². The van der Waals surface area contributed by atoms with E-state index in [9.17, 15) is 13.6 Å². The number of carbonyl (C=O) groups is 1. The third-order valence-corrected chi connectivity index (χ3v) is 4.21. The molecule has 3 heterocycles. The van der Waals surface area contributed by atoms with E-state index in [4.69, 9.17) is 0 Å². The predicted octanol–water partition coefficient (Wildman–Crippen LogP) is 2.51. The molecule has 0 saturated carbocycles. The second-order valence-corrected chi connectivity index (χ2v) is 5.86. The molecule has 22 heavy (non-hydrogen) atoms. The molecule has 1 aromatic rings. The maximum atomic E-state index is 13.2. The fraction of sp³-hybridized carbons (Fsp3) is 0.600. The Morgan fingerprint density at radius 1 is 1.23 bits per heavy atom. The molecule has 120 valence electrons. The van der Waals surface area contributed by atoms with Crippen LogP contribution in [0.2, 0.25) is 0 Å². The normalized spacial score (nSPS) is 24.9. The Morgan fingerprint density at radius 2 is 1.86 bits per heavy atom. The monoisotopic (exact) mass is 310 g/mol. The number of carbonyl (C=O) groups excluding carboxylic acids is 1. The molecule has 2 fully saturated rings. The average molecular weight is 310 g/mol. The summed E-state index contributed by atoms with van der Waals surface area (Å²) in [5, 5.41) is 2.68. The second kappa shape index (κ2) is 6.06. The maximum Gasteiger partial charge on any atom is 0.322 e. The van der Waals surface area contributed by atoms with Crippen LogP contribution in [-0.2, 0) is 0 Å². The summed E-state index contributed by atoms with van der Waals surface area (Å²) in [6.07, 6.45) is -0.851. The Morgan fingerprint density at radius 3 is 2.45 bits per heavy atom. The third kappa shape index (κ3) is 2.98. The highest BCUT2D eigenvalue weighted by molar-refractivity contribution is 5.90. The van der Waals surface area contributed by atoms with Gasteiger partial charge in [-0.05, 0) is 31.9 Å². The quantitative estimate of drug-likeness (QED) is 0.913. The number of halogens is 2. The first-order valence-corrected chi connectivity index (χ1v) is 7.61. The second-order valence-electron chi connectivity index (χ2n) is 5.86. The zero-order valence-corrected chi connectivity index (χ0v) is 12.6. The molecule has 2 atom stereocenters. The molecule has 0 radical (unpaired) electrons. The lowest BCUT2D eigenvalue weighted by Crippen LogP contribution is -2.33. The number of amides is 2. The number of rotatable bonds is 2. The fourth-order valence-corrected chi connectivity index (χ4v) is 2.89. The molecular weight excluding hydrogens is 290 g/mol. The van der Waals surface area contributed by atoms with E-state index in [0.29, 0.717) is 11.4 Å². The van der Waals surface area contributed by atoms with Gasteiger partial charge in [0.1, 0.15) is 5.82 Å². The van der Waals surface area contributed by atoms with E-state index < -0.39 is 18.4 Å². The first-order chi connectivity index (χ1) is 10.5. The number of likely N-dealkylation sites (tertiary alicyclic amines) is 1. The summed E-state index contributed by atoms with van der Waals surface area (Å²) in [7, 11) is 0. The largest absolute Gasteiger partial charge is 0.357 e. The van der Waals surface area contributed by atoms with E-state index in [2.05, 4.69) is 15.2 Å². The van der Waals surface area contributed by atoms with Crippen molar-refractivity contribution in [2.24, 2.45) is 0 Å². The number of pyridine rings is 1. The molecule has 0 aromatic carbocycles. The zero-order valence-electron chi connectivity index (χ0n) is 12.6. The number of alkyl halides is 2. The number of urea groups is 1. The summed E-state index contributed by atoms with van der Waals surface area (Å²) in [5.74, 6) is 0.904. The van der Waals surface area contributed by atoms with Gasteiger partial charge in [-0.25, -0.2) is 18.6 Å². The number of nitrogens with zero attached hydrogens (tertiary/aromatic N) is 3. The molecule has 7 heteroatoms. The van der Waals surface area contributed by atoms with E-state index >= 15 is 0 Å². The molecule has 2 saturated heterocycles. The van der Waals surface area contributed by atoms with Crippen LogP contribution in [0, 0.1) is 6.92 Å². The topological polar surface area (TPSA) is 48.5 Å². The highest BCUT2D eigenvalue weighted by Crippen LogP contribution is 2.23. The third-order valence-electron chi connectivity index (χ3n) is 4.21. The van der Waals surface area contributed by atoms with Crippen molar-refractivity contribution < 1.29 is 13.6 Å². The van der Waals surface area contributed by atoms with Gasteiger partial charge in [0.05, 0.1) is 24.5 Å². The Kier molecular flexibility index (Phi) is 4.13. The first-order valence-electron chi connectivity index (χ1n) is 7.61. The predicted molar refractivity (Wildman–Crippen MR) is 80.8 cm³/mol.